The van der Waals surface area contributed by atoms with Crippen molar-refractivity contribution in [3.8, 4) is 11.6 Å². The molecule has 4 aromatic rings. The van der Waals surface area contributed by atoms with E-state index < -0.39 is 11.9 Å². The summed E-state index contributed by atoms with van der Waals surface area (Å²) in [6.45, 7) is 0. The molecule has 0 aliphatic heterocycles. The Labute approximate surface area is 233 Å². The highest BCUT2D eigenvalue weighted by Crippen LogP contribution is 2.28. The van der Waals surface area contributed by atoms with Crippen LogP contribution in [0.2, 0.25) is 0 Å². The van der Waals surface area contributed by atoms with Crippen LogP contribution in [0.5, 0.6) is 0 Å². The lowest BCUT2D eigenvalue weighted by atomic mass is 10.2. The molecule has 0 bridgehead atoms. The molecule has 2 aliphatic carbocycles. The van der Waals surface area contributed by atoms with Crippen LogP contribution in [0.4, 0.5) is 0 Å². The Morgan fingerprint density at radius 1 is 0.806 bits per heavy atom. The zero-order valence-electron chi connectivity index (χ0n) is 19.0. The minimum Gasteiger partial charge on any atom is -0.476 e. The number of aromatic carboxylic acids is 1. The van der Waals surface area contributed by atoms with Crippen molar-refractivity contribution >= 4 is 57.1 Å². The molecule has 0 spiro atoms. The summed E-state index contributed by atoms with van der Waals surface area (Å²) in [6, 6.07) is 7.66. The third kappa shape index (κ3) is 4.75. The van der Waals surface area contributed by atoms with E-state index in [9.17, 15) is 9.59 Å². The Bertz CT molecular complexity index is 1380. The lowest BCUT2D eigenvalue weighted by molar-refractivity contribution is 0.0688. The molecule has 4 heterocycles. The molecule has 4 aromatic heterocycles. The summed E-state index contributed by atoms with van der Waals surface area (Å²) >= 11 is 4.43. The van der Waals surface area contributed by atoms with Crippen molar-refractivity contribution in [2.75, 3.05) is 0 Å². The number of carboxylic acid groups (broad SMARTS) is 1. The van der Waals surface area contributed by atoms with Gasteiger partial charge in [-0.2, -0.15) is 10.2 Å². The fraction of sp³-hybridized carbons (Fsp3) is 0.250. The zero-order chi connectivity index (χ0) is 25.4. The largest absolute Gasteiger partial charge is 0.476 e. The molecule has 0 saturated heterocycles. The number of hydrogen-bond acceptors (Lipinski definition) is 6. The van der Waals surface area contributed by atoms with Gasteiger partial charge in [0.25, 0.3) is 5.91 Å². The number of fused-ring (bicyclic) bond motifs is 2. The van der Waals surface area contributed by atoms with E-state index in [0.29, 0.717) is 11.5 Å². The number of hydrogen-bond donors (Lipinski definition) is 2. The number of aromatic nitrogens is 6. The van der Waals surface area contributed by atoms with Crippen LogP contribution in [-0.2, 0) is 25.7 Å². The maximum absolute atomic E-state index is 11.4. The topological polar surface area (TPSA) is 142 Å². The molecular weight excluding hydrogens is 688 g/mol. The van der Waals surface area contributed by atoms with Crippen molar-refractivity contribution in [1.82, 2.24) is 29.5 Å². The maximum atomic E-state index is 11.4. The number of carbonyl (C=O) groups is 2. The van der Waals surface area contributed by atoms with Gasteiger partial charge in [-0.25, -0.2) is 24.1 Å². The number of carbonyl (C=O) groups excluding carboxylic acids is 1. The molecule has 184 valence electrons. The normalized spacial score (nSPS) is 13.6. The molecule has 3 N–H and O–H groups in total. The van der Waals surface area contributed by atoms with Crippen LogP contribution in [-0.4, -0.2) is 46.5 Å². The van der Waals surface area contributed by atoms with E-state index in [1.165, 1.54) is 0 Å². The molecule has 0 radical (unpaired) electrons. The summed E-state index contributed by atoms with van der Waals surface area (Å²) in [4.78, 5) is 31.1. The van der Waals surface area contributed by atoms with E-state index in [2.05, 4.69) is 65.3 Å². The van der Waals surface area contributed by atoms with Crippen molar-refractivity contribution in [2.45, 2.75) is 38.5 Å². The summed E-state index contributed by atoms with van der Waals surface area (Å²) in [6.07, 6.45) is 8.92. The first-order valence-electron chi connectivity index (χ1n) is 11.3. The summed E-state index contributed by atoms with van der Waals surface area (Å²) in [5.41, 5.74) is 9.84. The number of rotatable bonds is 4. The van der Waals surface area contributed by atoms with Gasteiger partial charge in [0, 0.05) is 30.7 Å². The molecule has 10 nitrogen and oxygen atoms in total. The Hall–Kier alpha value is -2.88. The van der Waals surface area contributed by atoms with Gasteiger partial charge in [-0.05, 0) is 108 Å². The zero-order valence-corrected chi connectivity index (χ0v) is 23.3. The summed E-state index contributed by atoms with van der Waals surface area (Å²) in [5, 5.41) is 17.7. The standard InChI is InChI=1S/C12H11IN4O.C12H10IN3O2/c13-7-4-5-15-10(6-7)17-9-3-1-2-8(9)11(16-17)12(14)18;13-7-4-5-14-10(6-7)16-9-3-1-2-8(9)11(15-16)12(17)18/h4-6H,1-3H2,(H2,14,18);4-6H,1-3H2,(H,17,18). The van der Waals surface area contributed by atoms with Gasteiger partial charge in [0.15, 0.2) is 23.0 Å². The first-order chi connectivity index (χ1) is 17.3. The smallest absolute Gasteiger partial charge is 0.356 e. The minimum atomic E-state index is -0.961. The van der Waals surface area contributed by atoms with Crippen LogP contribution in [0.15, 0.2) is 36.7 Å². The second-order valence-electron chi connectivity index (χ2n) is 8.41. The average molecular weight is 709 g/mol. The number of pyridine rings is 2. The van der Waals surface area contributed by atoms with E-state index in [0.717, 1.165) is 74.0 Å². The van der Waals surface area contributed by atoms with Gasteiger partial charge in [-0.3, -0.25) is 4.79 Å². The third-order valence-electron chi connectivity index (χ3n) is 6.15. The number of primary amides is 1. The molecule has 0 aromatic carbocycles. The predicted molar refractivity (Wildman–Crippen MR) is 148 cm³/mol. The van der Waals surface area contributed by atoms with E-state index in [4.69, 9.17) is 10.8 Å². The molecule has 0 unspecified atom stereocenters. The van der Waals surface area contributed by atoms with Gasteiger partial charge in [0.1, 0.15) is 0 Å². The van der Waals surface area contributed by atoms with Gasteiger partial charge in [-0.15, -0.1) is 0 Å². The van der Waals surface area contributed by atoms with Gasteiger partial charge >= 0.3 is 5.97 Å². The molecule has 36 heavy (non-hydrogen) atoms. The lowest BCUT2D eigenvalue weighted by Gasteiger charge is -2.04. The molecule has 2 aliphatic rings. The predicted octanol–water partition coefficient (Wildman–Crippen LogP) is 3.52. The van der Waals surface area contributed by atoms with E-state index in [1.54, 1.807) is 21.8 Å². The second-order valence-corrected chi connectivity index (χ2v) is 10.9. The highest BCUT2D eigenvalue weighted by molar-refractivity contribution is 14.1. The van der Waals surface area contributed by atoms with Crippen molar-refractivity contribution < 1.29 is 14.7 Å². The second kappa shape index (κ2) is 10.2. The van der Waals surface area contributed by atoms with Gasteiger partial charge in [0.05, 0.1) is 11.4 Å². The monoisotopic (exact) mass is 709 g/mol. The number of amides is 1. The minimum absolute atomic E-state index is 0.170. The van der Waals surface area contributed by atoms with E-state index in [-0.39, 0.29) is 5.69 Å². The summed E-state index contributed by atoms with van der Waals surface area (Å²) in [7, 11) is 0. The highest BCUT2D eigenvalue weighted by atomic mass is 127. The fourth-order valence-corrected chi connectivity index (χ4v) is 5.52. The number of nitrogens with two attached hydrogens (primary N) is 1. The number of halogens is 2. The highest BCUT2D eigenvalue weighted by Gasteiger charge is 2.27. The first-order valence-corrected chi connectivity index (χ1v) is 13.5. The lowest BCUT2D eigenvalue weighted by Crippen LogP contribution is -2.14. The van der Waals surface area contributed by atoms with Crippen molar-refractivity contribution in [3.05, 3.63) is 77.7 Å². The summed E-state index contributed by atoms with van der Waals surface area (Å²) < 4.78 is 5.57. The van der Waals surface area contributed by atoms with Crippen molar-refractivity contribution in [3.63, 3.8) is 0 Å². The number of carboxylic acids is 1. The Kier molecular flexibility index (Phi) is 7.05. The molecule has 12 heteroatoms. The quantitative estimate of drug-likeness (QED) is 0.309. The van der Waals surface area contributed by atoms with Crippen LogP contribution in [0.3, 0.4) is 0 Å². The average Bonchev–Trinajstić information content (AvgIpc) is 3.60. The third-order valence-corrected chi connectivity index (χ3v) is 7.49. The Morgan fingerprint density at radius 3 is 1.72 bits per heavy atom. The van der Waals surface area contributed by atoms with Gasteiger partial charge in [-0.1, -0.05) is 0 Å². The Balaban J connectivity index is 0.000000148. The summed E-state index contributed by atoms with van der Waals surface area (Å²) in [5.74, 6) is 0.00940. The van der Waals surface area contributed by atoms with E-state index >= 15 is 0 Å². The molecule has 0 atom stereocenters. The molecule has 0 saturated carbocycles. The fourth-order valence-electron chi connectivity index (χ4n) is 4.64. The van der Waals surface area contributed by atoms with Crippen LogP contribution in [0, 0.1) is 7.14 Å². The SMILES string of the molecule is NC(=O)c1nn(-c2cc(I)ccn2)c2c1CCC2.O=C(O)c1nn(-c2cc(I)ccn2)c2c1CCC2. The molecular formula is C24H21I2N7O3. The van der Waals surface area contributed by atoms with Crippen LogP contribution in [0.1, 0.15) is 56.3 Å². The van der Waals surface area contributed by atoms with Crippen molar-refractivity contribution in [2.24, 2.45) is 5.73 Å². The molecule has 6 rings (SSSR count). The molecule has 0 fully saturated rings. The van der Waals surface area contributed by atoms with Crippen LogP contribution < -0.4 is 5.73 Å². The number of nitrogens with zero attached hydrogens (tertiary/aromatic N) is 6. The van der Waals surface area contributed by atoms with Crippen LogP contribution >= 0.6 is 45.2 Å². The first kappa shape index (κ1) is 24.8. The maximum Gasteiger partial charge on any atom is 0.356 e. The van der Waals surface area contributed by atoms with E-state index in [1.807, 2.05) is 24.3 Å². The Morgan fingerprint density at radius 2 is 1.28 bits per heavy atom. The van der Waals surface area contributed by atoms with Crippen molar-refractivity contribution in [1.29, 1.82) is 0 Å². The van der Waals surface area contributed by atoms with Gasteiger partial charge < -0.3 is 10.8 Å². The van der Waals surface area contributed by atoms with Gasteiger partial charge in [0.2, 0.25) is 0 Å². The molecule has 1 amide bonds. The van der Waals surface area contributed by atoms with Crippen LogP contribution in [0.25, 0.3) is 11.6 Å².